The van der Waals surface area contributed by atoms with E-state index in [1.54, 1.807) is 0 Å². The number of nitrogens with one attached hydrogen (secondary N) is 2. The first-order chi connectivity index (χ1) is 14.2. The first-order valence-electron chi connectivity index (χ1n) is 10.00. The number of thioether (sulfide) groups is 1. The average Bonchev–Trinajstić information content (AvgIpc) is 3.23. The van der Waals surface area contributed by atoms with Crippen LogP contribution in [0.1, 0.15) is 12.5 Å². The third-order valence-electron chi connectivity index (χ3n) is 5.22. The van der Waals surface area contributed by atoms with Crippen LogP contribution in [0.25, 0.3) is 11.4 Å². The number of amides is 1. The standard InChI is InChI=1S/C22H25N5OS/c1-17(29-22-23-20(24-25-22)19-10-6-3-7-11-19)21(28)27-14-12-26(13-15-27)16-18-8-4-2-5-9-18/h2-11,17H,12-16H2,1H3,(H,23,24,25)/p+1/t17-/m0/s1. The van der Waals surface area contributed by atoms with Crippen molar-refractivity contribution in [2.45, 2.75) is 23.9 Å². The second-order valence-corrected chi connectivity index (χ2v) is 8.64. The van der Waals surface area contributed by atoms with Crippen molar-refractivity contribution in [3.63, 3.8) is 0 Å². The van der Waals surface area contributed by atoms with E-state index in [1.807, 2.05) is 48.2 Å². The van der Waals surface area contributed by atoms with E-state index < -0.39 is 0 Å². The highest BCUT2D eigenvalue weighted by Gasteiger charge is 2.28. The van der Waals surface area contributed by atoms with Gasteiger partial charge in [0, 0.05) is 11.1 Å². The summed E-state index contributed by atoms with van der Waals surface area (Å²) in [5.41, 5.74) is 2.34. The Morgan fingerprint density at radius 2 is 1.76 bits per heavy atom. The largest absolute Gasteiger partial charge is 0.330 e. The van der Waals surface area contributed by atoms with E-state index in [0.29, 0.717) is 5.16 Å². The van der Waals surface area contributed by atoms with Crippen molar-refractivity contribution in [1.29, 1.82) is 0 Å². The molecule has 0 aliphatic carbocycles. The van der Waals surface area contributed by atoms with E-state index in [4.69, 9.17) is 0 Å². The molecule has 0 saturated carbocycles. The highest BCUT2D eigenvalue weighted by Crippen LogP contribution is 2.23. The molecule has 150 valence electrons. The number of hydrogen-bond donors (Lipinski definition) is 2. The second kappa shape index (κ2) is 9.24. The van der Waals surface area contributed by atoms with Gasteiger partial charge in [-0.1, -0.05) is 72.4 Å². The fourth-order valence-corrected chi connectivity index (χ4v) is 4.40. The topological polar surface area (TPSA) is 66.3 Å². The molecule has 4 rings (SSSR count). The third kappa shape index (κ3) is 5.05. The highest BCUT2D eigenvalue weighted by atomic mass is 32.2. The van der Waals surface area contributed by atoms with Crippen LogP contribution in [0.4, 0.5) is 0 Å². The Morgan fingerprint density at radius 3 is 2.45 bits per heavy atom. The van der Waals surface area contributed by atoms with Gasteiger partial charge < -0.3 is 9.80 Å². The minimum atomic E-state index is -0.204. The summed E-state index contributed by atoms with van der Waals surface area (Å²) in [4.78, 5) is 20.9. The molecule has 1 fully saturated rings. The molecule has 0 unspecified atom stereocenters. The van der Waals surface area contributed by atoms with Crippen molar-refractivity contribution in [3.05, 3.63) is 66.2 Å². The second-order valence-electron chi connectivity index (χ2n) is 7.33. The summed E-state index contributed by atoms with van der Waals surface area (Å²) in [7, 11) is 0. The molecule has 1 amide bonds. The lowest BCUT2D eigenvalue weighted by Gasteiger charge is -2.33. The Balaban J connectivity index is 1.28. The Morgan fingerprint density at radius 1 is 1.10 bits per heavy atom. The molecule has 1 atom stereocenters. The van der Waals surface area contributed by atoms with E-state index in [1.165, 1.54) is 22.2 Å². The van der Waals surface area contributed by atoms with Crippen LogP contribution in [0.2, 0.25) is 0 Å². The number of carbonyl (C=O) groups is 1. The van der Waals surface area contributed by atoms with Crippen LogP contribution >= 0.6 is 11.8 Å². The number of aromatic amines is 1. The molecule has 3 aromatic rings. The lowest BCUT2D eigenvalue weighted by molar-refractivity contribution is -0.917. The molecular formula is C22H26N5OS+. The molecule has 2 heterocycles. The summed E-state index contributed by atoms with van der Waals surface area (Å²) >= 11 is 1.41. The lowest BCUT2D eigenvalue weighted by atomic mass is 10.2. The molecule has 1 aromatic heterocycles. The van der Waals surface area contributed by atoms with Crippen molar-refractivity contribution in [1.82, 2.24) is 20.1 Å². The highest BCUT2D eigenvalue weighted by molar-refractivity contribution is 8.00. The van der Waals surface area contributed by atoms with Gasteiger partial charge in [0.1, 0.15) is 6.54 Å². The van der Waals surface area contributed by atoms with Gasteiger partial charge in [-0.25, -0.2) is 4.98 Å². The van der Waals surface area contributed by atoms with Gasteiger partial charge in [0.05, 0.1) is 31.4 Å². The van der Waals surface area contributed by atoms with Crippen molar-refractivity contribution in [3.8, 4) is 11.4 Å². The van der Waals surface area contributed by atoms with Crippen LogP contribution in [-0.4, -0.2) is 57.4 Å². The monoisotopic (exact) mass is 408 g/mol. The Bertz CT molecular complexity index is 923. The number of piperazine rings is 1. The Labute approximate surface area is 175 Å². The third-order valence-corrected chi connectivity index (χ3v) is 6.17. The van der Waals surface area contributed by atoms with E-state index >= 15 is 0 Å². The van der Waals surface area contributed by atoms with Gasteiger partial charge in [-0.15, -0.1) is 5.10 Å². The molecule has 6 nitrogen and oxygen atoms in total. The van der Waals surface area contributed by atoms with Gasteiger partial charge >= 0.3 is 0 Å². The van der Waals surface area contributed by atoms with Gasteiger partial charge in [0.15, 0.2) is 5.82 Å². The summed E-state index contributed by atoms with van der Waals surface area (Å²) in [5, 5.41) is 7.64. The van der Waals surface area contributed by atoms with Crippen molar-refractivity contribution in [2.75, 3.05) is 26.2 Å². The van der Waals surface area contributed by atoms with E-state index in [0.717, 1.165) is 44.1 Å². The number of carbonyl (C=O) groups excluding carboxylic acids is 1. The minimum Gasteiger partial charge on any atom is -0.330 e. The molecule has 2 N–H and O–H groups in total. The summed E-state index contributed by atoms with van der Waals surface area (Å²) < 4.78 is 0. The van der Waals surface area contributed by atoms with Crippen molar-refractivity contribution >= 4 is 17.7 Å². The summed E-state index contributed by atoms with van der Waals surface area (Å²) in [6.45, 7) is 6.53. The molecule has 2 aromatic carbocycles. The van der Waals surface area contributed by atoms with E-state index in [-0.39, 0.29) is 11.2 Å². The summed E-state index contributed by atoms with van der Waals surface area (Å²) in [6.07, 6.45) is 0. The Kier molecular flexibility index (Phi) is 6.27. The van der Waals surface area contributed by atoms with Crippen LogP contribution in [-0.2, 0) is 11.3 Å². The maximum absolute atomic E-state index is 12.9. The van der Waals surface area contributed by atoms with Gasteiger partial charge in [0.25, 0.3) is 0 Å². The fraction of sp³-hybridized carbons (Fsp3) is 0.318. The number of hydrogen-bond acceptors (Lipinski definition) is 4. The van der Waals surface area contributed by atoms with Gasteiger partial charge in [-0.2, -0.15) is 0 Å². The zero-order chi connectivity index (χ0) is 20.1. The molecule has 1 aliphatic heterocycles. The number of benzene rings is 2. The first kappa shape index (κ1) is 19.7. The first-order valence-corrected chi connectivity index (χ1v) is 10.9. The smallest absolute Gasteiger partial charge is 0.236 e. The number of rotatable bonds is 6. The normalized spacial score (nSPS) is 16.0. The van der Waals surface area contributed by atoms with Crippen LogP contribution in [0.15, 0.2) is 65.8 Å². The SMILES string of the molecule is C[C@H](Sc1n[nH]c(-c2ccccc2)n1)C(=O)N1CC[NH+](Cc2ccccc2)CC1. The minimum absolute atomic E-state index is 0.167. The molecule has 1 saturated heterocycles. The van der Waals surface area contributed by atoms with Crippen LogP contribution < -0.4 is 4.90 Å². The molecular weight excluding hydrogens is 382 g/mol. The average molecular weight is 409 g/mol. The summed E-state index contributed by atoms with van der Waals surface area (Å²) in [5.74, 6) is 0.894. The molecule has 29 heavy (non-hydrogen) atoms. The van der Waals surface area contributed by atoms with Gasteiger partial charge in [-0.05, 0) is 6.92 Å². The quantitative estimate of drug-likeness (QED) is 0.611. The number of H-pyrrole nitrogens is 1. The molecule has 1 aliphatic rings. The fourth-order valence-electron chi connectivity index (χ4n) is 3.59. The van der Waals surface area contributed by atoms with Crippen LogP contribution in [0, 0.1) is 0 Å². The number of nitrogens with zero attached hydrogens (tertiary/aromatic N) is 3. The molecule has 0 bridgehead atoms. The lowest BCUT2D eigenvalue weighted by Crippen LogP contribution is -3.13. The van der Waals surface area contributed by atoms with Crippen molar-refractivity contribution in [2.24, 2.45) is 0 Å². The van der Waals surface area contributed by atoms with Crippen LogP contribution in [0.5, 0.6) is 0 Å². The number of aromatic nitrogens is 3. The molecule has 7 heteroatoms. The number of quaternary nitrogens is 1. The van der Waals surface area contributed by atoms with Gasteiger partial charge in [0.2, 0.25) is 11.1 Å². The van der Waals surface area contributed by atoms with E-state index in [2.05, 4.69) is 39.4 Å². The Hall–Kier alpha value is -2.64. The zero-order valence-electron chi connectivity index (χ0n) is 16.5. The predicted molar refractivity (Wildman–Crippen MR) is 115 cm³/mol. The van der Waals surface area contributed by atoms with E-state index in [9.17, 15) is 4.79 Å². The maximum Gasteiger partial charge on any atom is 0.236 e. The maximum atomic E-state index is 12.9. The van der Waals surface area contributed by atoms with Crippen molar-refractivity contribution < 1.29 is 9.69 Å². The predicted octanol–water partition coefficient (Wildman–Crippen LogP) is 1.88. The van der Waals surface area contributed by atoms with Crippen LogP contribution in [0.3, 0.4) is 0 Å². The molecule has 0 spiro atoms. The van der Waals surface area contributed by atoms with Gasteiger partial charge in [-0.3, -0.25) is 9.89 Å². The molecule has 0 radical (unpaired) electrons. The zero-order valence-corrected chi connectivity index (χ0v) is 17.4. The summed E-state index contributed by atoms with van der Waals surface area (Å²) in [6, 6.07) is 20.4.